The van der Waals surface area contributed by atoms with Crippen molar-refractivity contribution in [3.05, 3.63) is 94.2 Å². The van der Waals surface area contributed by atoms with Gasteiger partial charge in [0.25, 0.3) is 0 Å². The second-order valence-corrected chi connectivity index (χ2v) is 6.48. The SMILES string of the molecule is O=C(CCc1ccccc1)c1nc(Br)ccc1OCc1ccccc1. The number of ketones is 1. The Morgan fingerprint density at radius 3 is 2.20 bits per heavy atom. The van der Waals surface area contributed by atoms with E-state index in [1.54, 1.807) is 12.1 Å². The molecule has 1 aromatic heterocycles. The Balaban J connectivity index is 1.70. The molecule has 2 aromatic carbocycles. The Morgan fingerprint density at radius 1 is 0.880 bits per heavy atom. The lowest BCUT2D eigenvalue weighted by atomic mass is 10.1. The van der Waals surface area contributed by atoms with Crippen LogP contribution in [0.2, 0.25) is 0 Å². The summed E-state index contributed by atoms with van der Waals surface area (Å²) in [6.07, 6.45) is 1.08. The summed E-state index contributed by atoms with van der Waals surface area (Å²) in [7, 11) is 0. The van der Waals surface area contributed by atoms with Crippen molar-refractivity contribution in [1.82, 2.24) is 4.98 Å². The summed E-state index contributed by atoms with van der Waals surface area (Å²) >= 11 is 3.34. The lowest BCUT2D eigenvalue weighted by Gasteiger charge is -2.11. The smallest absolute Gasteiger partial charge is 0.185 e. The quantitative estimate of drug-likeness (QED) is 0.405. The zero-order valence-electron chi connectivity index (χ0n) is 13.7. The highest BCUT2D eigenvalue weighted by Gasteiger charge is 2.15. The van der Waals surface area contributed by atoms with Crippen LogP contribution in [0.3, 0.4) is 0 Å². The number of carbonyl (C=O) groups is 1. The van der Waals surface area contributed by atoms with Crippen LogP contribution < -0.4 is 4.74 Å². The van der Waals surface area contributed by atoms with Crippen LogP contribution in [0.4, 0.5) is 0 Å². The average molecular weight is 396 g/mol. The first-order valence-corrected chi connectivity index (χ1v) is 8.92. The van der Waals surface area contributed by atoms with Crippen molar-refractivity contribution < 1.29 is 9.53 Å². The van der Waals surface area contributed by atoms with Crippen LogP contribution in [0.5, 0.6) is 5.75 Å². The highest BCUT2D eigenvalue weighted by atomic mass is 79.9. The zero-order valence-corrected chi connectivity index (χ0v) is 15.3. The summed E-state index contributed by atoms with van der Waals surface area (Å²) in [6, 6.07) is 23.4. The van der Waals surface area contributed by atoms with Gasteiger partial charge in [-0.1, -0.05) is 60.7 Å². The summed E-state index contributed by atoms with van der Waals surface area (Å²) in [6.45, 7) is 0.406. The molecule has 3 nitrogen and oxygen atoms in total. The lowest BCUT2D eigenvalue weighted by molar-refractivity contribution is 0.0973. The van der Waals surface area contributed by atoms with Gasteiger partial charge < -0.3 is 4.74 Å². The molecule has 0 spiro atoms. The number of aryl methyl sites for hydroxylation is 1. The molecule has 0 atom stereocenters. The van der Waals surface area contributed by atoms with E-state index in [0.29, 0.717) is 35.5 Å². The molecular weight excluding hydrogens is 378 g/mol. The monoisotopic (exact) mass is 395 g/mol. The molecule has 0 fully saturated rings. The van der Waals surface area contributed by atoms with Gasteiger partial charge >= 0.3 is 0 Å². The van der Waals surface area contributed by atoms with Crippen molar-refractivity contribution in [2.45, 2.75) is 19.4 Å². The van der Waals surface area contributed by atoms with Crippen molar-refractivity contribution in [2.24, 2.45) is 0 Å². The number of nitrogens with zero attached hydrogens (tertiary/aromatic N) is 1. The van der Waals surface area contributed by atoms with E-state index in [9.17, 15) is 4.79 Å². The highest BCUT2D eigenvalue weighted by Crippen LogP contribution is 2.23. The summed E-state index contributed by atoms with van der Waals surface area (Å²) in [5.41, 5.74) is 2.56. The molecule has 0 aliphatic carbocycles. The minimum Gasteiger partial charge on any atom is -0.487 e. The Labute approximate surface area is 155 Å². The maximum atomic E-state index is 12.6. The van der Waals surface area contributed by atoms with Crippen molar-refractivity contribution >= 4 is 21.7 Å². The number of carbonyl (C=O) groups excluding carboxylic acids is 1. The van der Waals surface area contributed by atoms with E-state index in [0.717, 1.165) is 11.1 Å². The number of benzene rings is 2. The number of Topliss-reactive ketones (excluding diaryl/α,β-unsaturated/α-hetero) is 1. The van der Waals surface area contributed by atoms with E-state index in [2.05, 4.69) is 20.9 Å². The highest BCUT2D eigenvalue weighted by molar-refractivity contribution is 9.10. The fourth-order valence-corrected chi connectivity index (χ4v) is 2.80. The molecule has 25 heavy (non-hydrogen) atoms. The molecule has 3 aromatic rings. The minimum atomic E-state index is -0.0202. The first-order valence-electron chi connectivity index (χ1n) is 8.13. The molecule has 3 rings (SSSR count). The van der Waals surface area contributed by atoms with Crippen LogP contribution in [0, 0.1) is 0 Å². The molecule has 0 aliphatic heterocycles. The largest absolute Gasteiger partial charge is 0.487 e. The Kier molecular flexibility index (Phi) is 5.96. The number of rotatable bonds is 7. The molecule has 0 radical (unpaired) electrons. The summed E-state index contributed by atoms with van der Waals surface area (Å²) in [5.74, 6) is 0.498. The molecule has 0 aliphatic rings. The van der Waals surface area contributed by atoms with E-state index in [4.69, 9.17) is 4.74 Å². The Hall–Kier alpha value is -2.46. The lowest BCUT2D eigenvalue weighted by Crippen LogP contribution is -2.08. The van der Waals surface area contributed by atoms with Crippen LogP contribution in [0.15, 0.2) is 77.4 Å². The first kappa shape index (κ1) is 17.4. The van der Waals surface area contributed by atoms with Gasteiger partial charge in [0.1, 0.15) is 22.7 Å². The van der Waals surface area contributed by atoms with Crippen molar-refractivity contribution in [3.63, 3.8) is 0 Å². The molecule has 4 heteroatoms. The maximum Gasteiger partial charge on any atom is 0.185 e. The standard InChI is InChI=1S/C21H18BrNO2/c22-20-14-13-19(25-15-17-9-5-2-6-10-17)21(23-20)18(24)12-11-16-7-3-1-4-8-16/h1-10,13-14H,11-12,15H2. The number of ether oxygens (including phenoxy) is 1. The second kappa shape index (κ2) is 8.58. The number of hydrogen-bond acceptors (Lipinski definition) is 3. The van der Waals surface area contributed by atoms with Crippen molar-refractivity contribution in [1.29, 1.82) is 0 Å². The number of hydrogen-bond donors (Lipinski definition) is 0. The number of aromatic nitrogens is 1. The molecule has 1 heterocycles. The van der Waals surface area contributed by atoms with Gasteiger partial charge in [0, 0.05) is 6.42 Å². The van der Waals surface area contributed by atoms with Crippen molar-refractivity contribution in [2.75, 3.05) is 0 Å². The van der Waals surface area contributed by atoms with Gasteiger partial charge in [-0.3, -0.25) is 4.79 Å². The predicted molar refractivity (Wildman–Crippen MR) is 102 cm³/mol. The van der Waals surface area contributed by atoms with Gasteiger partial charge in [-0.2, -0.15) is 0 Å². The van der Waals surface area contributed by atoms with E-state index in [1.165, 1.54) is 0 Å². The number of halogens is 1. The molecular formula is C21H18BrNO2. The average Bonchev–Trinajstić information content (AvgIpc) is 2.66. The van der Waals surface area contributed by atoms with E-state index in [-0.39, 0.29) is 5.78 Å². The third-order valence-electron chi connectivity index (χ3n) is 3.81. The zero-order chi connectivity index (χ0) is 17.5. The molecule has 0 N–H and O–H groups in total. The summed E-state index contributed by atoms with van der Waals surface area (Å²) in [5, 5.41) is 0. The van der Waals surface area contributed by atoms with E-state index < -0.39 is 0 Å². The van der Waals surface area contributed by atoms with Crippen LogP contribution >= 0.6 is 15.9 Å². The normalized spacial score (nSPS) is 10.4. The predicted octanol–water partition coefficient (Wildman–Crippen LogP) is 5.24. The third-order valence-corrected chi connectivity index (χ3v) is 4.25. The van der Waals surface area contributed by atoms with Gasteiger partial charge in [0.05, 0.1) is 0 Å². The fourth-order valence-electron chi connectivity index (χ4n) is 2.50. The van der Waals surface area contributed by atoms with Crippen LogP contribution in [0.1, 0.15) is 28.0 Å². The molecule has 126 valence electrons. The summed E-state index contributed by atoms with van der Waals surface area (Å²) < 4.78 is 6.47. The molecule has 0 amide bonds. The van der Waals surface area contributed by atoms with Crippen LogP contribution in [-0.2, 0) is 13.0 Å². The molecule has 0 saturated carbocycles. The number of pyridine rings is 1. The maximum absolute atomic E-state index is 12.6. The van der Waals surface area contributed by atoms with Gasteiger partial charge in [-0.05, 0) is 45.6 Å². The Morgan fingerprint density at radius 2 is 1.52 bits per heavy atom. The molecule has 0 saturated heterocycles. The fraction of sp³-hybridized carbons (Fsp3) is 0.143. The topological polar surface area (TPSA) is 39.2 Å². The Bertz CT molecular complexity index is 835. The van der Waals surface area contributed by atoms with Gasteiger partial charge in [-0.25, -0.2) is 4.98 Å². The first-order chi connectivity index (χ1) is 12.2. The second-order valence-electron chi connectivity index (χ2n) is 5.66. The van der Waals surface area contributed by atoms with Crippen molar-refractivity contribution in [3.8, 4) is 5.75 Å². The van der Waals surface area contributed by atoms with Gasteiger partial charge in [0.2, 0.25) is 0 Å². The molecule has 0 bridgehead atoms. The third kappa shape index (κ3) is 5.00. The van der Waals surface area contributed by atoms with Crippen LogP contribution in [-0.4, -0.2) is 10.8 Å². The summed E-state index contributed by atoms with van der Waals surface area (Å²) in [4.78, 5) is 17.0. The van der Waals surface area contributed by atoms with E-state index >= 15 is 0 Å². The van der Waals surface area contributed by atoms with Gasteiger partial charge in [-0.15, -0.1) is 0 Å². The van der Waals surface area contributed by atoms with E-state index in [1.807, 2.05) is 60.7 Å². The van der Waals surface area contributed by atoms with Crippen LogP contribution in [0.25, 0.3) is 0 Å². The minimum absolute atomic E-state index is 0.0202. The van der Waals surface area contributed by atoms with Gasteiger partial charge in [0.15, 0.2) is 5.78 Å². The molecule has 0 unspecified atom stereocenters.